The van der Waals surface area contributed by atoms with Crippen LogP contribution in [0, 0.1) is 11.8 Å². The minimum Gasteiger partial charge on any atom is -0.481 e. The van der Waals surface area contributed by atoms with Crippen LogP contribution in [0.25, 0.3) is 0 Å². The number of benzene rings is 1. The summed E-state index contributed by atoms with van der Waals surface area (Å²) >= 11 is 7.29. The number of carboxylic acid groups (broad SMARTS) is 1. The maximum absolute atomic E-state index is 12.6. The topological polar surface area (TPSA) is 86.7 Å². The molecule has 2 amide bonds. The van der Waals surface area contributed by atoms with Crippen molar-refractivity contribution in [2.24, 2.45) is 11.8 Å². The van der Waals surface area contributed by atoms with E-state index < -0.39 is 17.1 Å². The summed E-state index contributed by atoms with van der Waals surface area (Å²) in [6, 6.07) is 5.28. The first-order valence-corrected chi connectivity index (χ1v) is 9.38. The van der Waals surface area contributed by atoms with Crippen LogP contribution in [0.15, 0.2) is 23.1 Å². The lowest BCUT2D eigenvalue weighted by atomic mass is 9.87. The van der Waals surface area contributed by atoms with Gasteiger partial charge in [0.25, 0.3) is 0 Å². The fraction of sp³-hybridized carbons (Fsp3) is 0.471. The van der Waals surface area contributed by atoms with Gasteiger partial charge in [-0.15, -0.1) is 11.8 Å². The molecule has 134 valence electrons. The van der Waals surface area contributed by atoms with Crippen molar-refractivity contribution >= 4 is 46.8 Å². The number of amides is 2. The lowest BCUT2D eigenvalue weighted by Gasteiger charge is -2.35. The SMILES string of the molecule is CC1CN(C(=O)CC2Sc3ccc(Cl)cc3NC2=O)CCC1C(=O)O. The second-order valence-electron chi connectivity index (χ2n) is 6.49. The van der Waals surface area contributed by atoms with Crippen LogP contribution in [0.5, 0.6) is 0 Å². The summed E-state index contributed by atoms with van der Waals surface area (Å²) in [5, 5.41) is 12.0. The minimum absolute atomic E-state index is 0.0918. The Morgan fingerprint density at radius 1 is 1.44 bits per heavy atom. The van der Waals surface area contributed by atoms with Gasteiger partial charge in [0, 0.05) is 29.4 Å². The Labute approximate surface area is 154 Å². The highest BCUT2D eigenvalue weighted by molar-refractivity contribution is 8.01. The van der Waals surface area contributed by atoms with E-state index in [-0.39, 0.29) is 24.2 Å². The summed E-state index contributed by atoms with van der Waals surface area (Å²) in [5.74, 6) is -1.63. The minimum atomic E-state index is -0.808. The fourth-order valence-electron chi connectivity index (χ4n) is 3.28. The Hall–Kier alpha value is -1.73. The molecule has 0 radical (unpaired) electrons. The number of hydrogen-bond acceptors (Lipinski definition) is 4. The lowest BCUT2D eigenvalue weighted by Crippen LogP contribution is -2.46. The monoisotopic (exact) mass is 382 g/mol. The third-order valence-corrected chi connectivity index (χ3v) is 6.21. The molecule has 3 unspecified atom stereocenters. The van der Waals surface area contributed by atoms with Crippen LogP contribution in [0.2, 0.25) is 5.02 Å². The molecule has 25 heavy (non-hydrogen) atoms. The van der Waals surface area contributed by atoms with Crippen LogP contribution in [0.4, 0.5) is 5.69 Å². The molecular formula is C17H19ClN2O4S. The molecule has 2 aliphatic heterocycles. The highest BCUT2D eigenvalue weighted by atomic mass is 35.5. The number of likely N-dealkylation sites (tertiary alicyclic amines) is 1. The van der Waals surface area contributed by atoms with Crippen molar-refractivity contribution < 1.29 is 19.5 Å². The van der Waals surface area contributed by atoms with E-state index in [2.05, 4.69) is 5.32 Å². The molecule has 0 saturated carbocycles. The number of carbonyl (C=O) groups is 3. The van der Waals surface area contributed by atoms with Crippen molar-refractivity contribution in [2.45, 2.75) is 29.9 Å². The Bertz CT molecular complexity index is 727. The molecule has 0 spiro atoms. The number of halogens is 1. The van der Waals surface area contributed by atoms with Crippen molar-refractivity contribution in [1.29, 1.82) is 0 Å². The molecule has 6 nitrogen and oxygen atoms in total. The van der Waals surface area contributed by atoms with Gasteiger partial charge in [-0.2, -0.15) is 0 Å². The van der Waals surface area contributed by atoms with Gasteiger partial charge in [-0.1, -0.05) is 18.5 Å². The highest BCUT2D eigenvalue weighted by Crippen LogP contribution is 2.38. The standard InChI is InChI=1S/C17H19ClN2O4S/c1-9-8-20(5-4-11(9)17(23)24)15(21)7-14-16(22)19-12-6-10(18)2-3-13(12)25-14/h2-3,6,9,11,14H,4-5,7-8H2,1H3,(H,19,22)(H,23,24). The van der Waals surface area contributed by atoms with E-state index >= 15 is 0 Å². The number of hydrogen-bond donors (Lipinski definition) is 2. The zero-order valence-electron chi connectivity index (χ0n) is 13.7. The van der Waals surface area contributed by atoms with E-state index in [1.165, 1.54) is 11.8 Å². The van der Waals surface area contributed by atoms with Gasteiger partial charge in [0.15, 0.2) is 0 Å². The zero-order chi connectivity index (χ0) is 18.1. The van der Waals surface area contributed by atoms with Crippen LogP contribution in [-0.2, 0) is 14.4 Å². The Morgan fingerprint density at radius 2 is 2.20 bits per heavy atom. The molecule has 1 saturated heterocycles. The predicted molar refractivity (Wildman–Crippen MR) is 95.8 cm³/mol. The van der Waals surface area contributed by atoms with Crippen molar-refractivity contribution in [2.75, 3.05) is 18.4 Å². The number of nitrogens with zero attached hydrogens (tertiary/aromatic N) is 1. The van der Waals surface area contributed by atoms with E-state index in [1.807, 2.05) is 13.0 Å². The first-order chi connectivity index (χ1) is 11.8. The molecule has 3 rings (SSSR count). The molecule has 1 fully saturated rings. The van der Waals surface area contributed by atoms with Crippen molar-refractivity contribution in [1.82, 2.24) is 4.90 Å². The van der Waals surface area contributed by atoms with Gasteiger partial charge in [-0.05, 0) is 30.5 Å². The smallest absolute Gasteiger partial charge is 0.306 e. The average Bonchev–Trinajstić information content (AvgIpc) is 2.55. The maximum Gasteiger partial charge on any atom is 0.306 e. The molecule has 0 aliphatic carbocycles. The van der Waals surface area contributed by atoms with Gasteiger partial charge in [0.1, 0.15) is 0 Å². The summed E-state index contributed by atoms with van der Waals surface area (Å²) in [7, 11) is 0. The first-order valence-electron chi connectivity index (χ1n) is 8.13. The third kappa shape index (κ3) is 3.93. The number of aliphatic carboxylic acids is 1. The van der Waals surface area contributed by atoms with Crippen LogP contribution >= 0.6 is 23.4 Å². The van der Waals surface area contributed by atoms with Crippen LogP contribution in [-0.4, -0.2) is 46.1 Å². The molecule has 2 N–H and O–H groups in total. The predicted octanol–water partition coefficient (Wildman–Crippen LogP) is 2.71. The third-order valence-electron chi connectivity index (χ3n) is 4.70. The normalized spacial score (nSPS) is 25.9. The number of rotatable bonds is 3. The van der Waals surface area contributed by atoms with Crippen molar-refractivity contribution in [3.63, 3.8) is 0 Å². The first kappa shape index (κ1) is 18.1. The van der Waals surface area contributed by atoms with E-state index in [0.29, 0.717) is 30.2 Å². The Morgan fingerprint density at radius 3 is 2.88 bits per heavy atom. The molecule has 8 heteroatoms. The average molecular weight is 383 g/mol. The second-order valence-corrected chi connectivity index (χ2v) is 8.17. The highest BCUT2D eigenvalue weighted by Gasteiger charge is 2.35. The number of nitrogens with one attached hydrogen (secondary N) is 1. The molecule has 1 aromatic rings. The number of carbonyl (C=O) groups excluding carboxylic acids is 2. The lowest BCUT2D eigenvalue weighted by molar-refractivity contribution is -0.148. The van der Waals surface area contributed by atoms with Gasteiger partial charge < -0.3 is 15.3 Å². The van der Waals surface area contributed by atoms with Crippen LogP contribution in [0.3, 0.4) is 0 Å². The Kier molecular flexibility index (Phi) is 5.24. The molecular weight excluding hydrogens is 364 g/mol. The van der Waals surface area contributed by atoms with E-state index in [4.69, 9.17) is 11.6 Å². The van der Waals surface area contributed by atoms with Crippen molar-refractivity contribution in [3.05, 3.63) is 23.2 Å². The number of carboxylic acids is 1. The van der Waals surface area contributed by atoms with Crippen LogP contribution in [0.1, 0.15) is 19.8 Å². The largest absolute Gasteiger partial charge is 0.481 e. The molecule has 3 atom stereocenters. The molecule has 2 heterocycles. The van der Waals surface area contributed by atoms with E-state index in [1.54, 1.807) is 17.0 Å². The number of anilines is 1. The summed E-state index contributed by atoms with van der Waals surface area (Å²) in [5.41, 5.74) is 0.669. The summed E-state index contributed by atoms with van der Waals surface area (Å²) in [6.07, 6.45) is 0.552. The van der Waals surface area contributed by atoms with Gasteiger partial charge in [0.2, 0.25) is 11.8 Å². The van der Waals surface area contributed by atoms with E-state index in [9.17, 15) is 19.5 Å². The number of thioether (sulfide) groups is 1. The van der Waals surface area contributed by atoms with Gasteiger partial charge >= 0.3 is 5.97 Å². The number of fused-ring (bicyclic) bond motifs is 1. The molecule has 2 aliphatic rings. The van der Waals surface area contributed by atoms with E-state index in [0.717, 1.165) is 4.90 Å². The van der Waals surface area contributed by atoms with Gasteiger partial charge in [-0.25, -0.2) is 0 Å². The maximum atomic E-state index is 12.6. The number of piperidine rings is 1. The van der Waals surface area contributed by atoms with Gasteiger partial charge in [0.05, 0.1) is 16.9 Å². The van der Waals surface area contributed by atoms with Crippen LogP contribution < -0.4 is 5.32 Å². The second kappa shape index (κ2) is 7.25. The van der Waals surface area contributed by atoms with Crippen molar-refractivity contribution in [3.8, 4) is 0 Å². The molecule has 0 bridgehead atoms. The summed E-state index contributed by atoms with van der Waals surface area (Å²) in [4.78, 5) is 38.6. The molecule has 1 aromatic carbocycles. The zero-order valence-corrected chi connectivity index (χ0v) is 15.3. The summed E-state index contributed by atoms with van der Waals surface area (Å²) in [6.45, 7) is 2.69. The fourth-order valence-corrected chi connectivity index (χ4v) is 4.54. The van der Waals surface area contributed by atoms with Gasteiger partial charge in [-0.3, -0.25) is 14.4 Å². The Balaban J connectivity index is 1.63. The summed E-state index contributed by atoms with van der Waals surface area (Å²) < 4.78 is 0. The quantitative estimate of drug-likeness (QED) is 0.839. The molecule has 0 aromatic heterocycles.